The van der Waals surface area contributed by atoms with Crippen molar-refractivity contribution in [3.63, 3.8) is 0 Å². The van der Waals surface area contributed by atoms with Crippen LogP contribution in [0.5, 0.6) is 5.88 Å². The Balaban J connectivity index is 2.26. The third kappa shape index (κ3) is 2.62. The van der Waals surface area contributed by atoms with E-state index < -0.39 is 17.6 Å². The highest BCUT2D eigenvalue weighted by Gasteiger charge is 2.37. The van der Waals surface area contributed by atoms with Crippen LogP contribution in [0.15, 0.2) is 40.7 Å². The third-order valence-electron chi connectivity index (χ3n) is 3.71. The molecule has 0 aromatic carbocycles. The lowest BCUT2D eigenvalue weighted by molar-refractivity contribution is -0.139. The van der Waals surface area contributed by atoms with Gasteiger partial charge in [-0.15, -0.1) is 0 Å². The SMILES string of the molecule is CCOC(=O)C1=C(C)Oc2nc(=O)[nH]c(N)c2[C@@H]1c1ccncc1. The molecular formula is C16H16N4O4. The van der Waals surface area contributed by atoms with Crippen LogP contribution in [-0.4, -0.2) is 27.5 Å². The van der Waals surface area contributed by atoms with Gasteiger partial charge in [-0.3, -0.25) is 9.97 Å². The summed E-state index contributed by atoms with van der Waals surface area (Å²) in [4.78, 5) is 34.3. The fourth-order valence-electron chi connectivity index (χ4n) is 2.74. The van der Waals surface area contributed by atoms with E-state index in [-0.39, 0.29) is 18.3 Å². The quantitative estimate of drug-likeness (QED) is 0.810. The number of esters is 1. The molecule has 2 aromatic heterocycles. The van der Waals surface area contributed by atoms with E-state index >= 15 is 0 Å². The zero-order valence-electron chi connectivity index (χ0n) is 13.2. The highest BCUT2D eigenvalue weighted by atomic mass is 16.5. The summed E-state index contributed by atoms with van der Waals surface area (Å²) in [6, 6.07) is 3.52. The monoisotopic (exact) mass is 328 g/mol. The fourth-order valence-corrected chi connectivity index (χ4v) is 2.74. The van der Waals surface area contributed by atoms with E-state index in [0.29, 0.717) is 16.9 Å². The summed E-state index contributed by atoms with van der Waals surface area (Å²) >= 11 is 0. The lowest BCUT2D eigenvalue weighted by atomic mass is 9.83. The van der Waals surface area contributed by atoms with Gasteiger partial charge in [0.25, 0.3) is 0 Å². The van der Waals surface area contributed by atoms with Gasteiger partial charge in [0.05, 0.1) is 23.7 Å². The second-order valence-corrected chi connectivity index (χ2v) is 5.18. The second kappa shape index (κ2) is 6.15. The summed E-state index contributed by atoms with van der Waals surface area (Å²) in [5.74, 6) is -0.571. The van der Waals surface area contributed by atoms with Gasteiger partial charge in [-0.2, -0.15) is 4.98 Å². The first-order chi connectivity index (χ1) is 11.5. The molecule has 0 fully saturated rings. The lowest BCUT2D eigenvalue weighted by Gasteiger charge is -2.28. The zero-order chi connectivity index (χ0) is 17.3. The van der Waals surface area contributed by atoms with Crippen LogP contribution >= 0.6 is 0 Å². The average Bonchev–Trinajstić information content (AvgIpc) is 2.54. The van der Waals surface area contributed by atoms with Gasteiger partial charge in [0.2, 0.25) is 5.88 Å². The van der Waals surface area contributed by atoms with Crippen LogP contribution in [0.25, 0.3) is 0 Å². The van der Waals surface area contributed by atoms with Crippen molar-refractivity contribution in [2.75, 3.05) is 12.3 Å². The Bertz CT molecular complexity index is 873. The number of anilines is 1. The molecule has 1 atom stereocenters. The number of carbonyl (C=O) groups is 1. The number of nitrogens with two attached hydrogens (primary N) is 1. The highest BCUT2D eigenvalue weighted by Crippen LogP contribution is 2.43. The maximum atomic E-state index is 12.5. The average molecular weight is 328 g/mol. The van der Waals surface area contributed by atoms with Crippen molar-refractivity contribution in [1.29, 1.82) is 0 Å². The molecule has 124 valence electrons. The van der Waals surface area contributed by atoms with E-state index in [9.17, 15) is 9.59 Å². The summed E-state index contributed by atoms with van der Waals surface area (Å²) in [7, 11) is 0. The number of hydrogen-bond acceptors (Lipinski definition) is 7. The summed E-state index contributed by atoms with van der Waals surface area (Å²) in [6.07, 6.45) is 3.22. The van der Waals surface area contributed by atoms with Crippen molar-refractivity contribution in [2.24, 2.45) is 0 Å². The van der Waals surface area contributed by atoms with Crippen molar-refractivity contribution < 1.29 is 14.3 Å². The molecule has 0 bridgehead atoms. The van der Waals surface area contributed by atoms with E-state index in [2.05, 4.69) is 15.0 Å². The predicted octanol–water partition coefficient (Wildman–Crippen LogP) is 1.11. The summed E-state index contributed by atoms with van der Waals surface area (Å²) < 4.78 is 10.7. The molecule has 0 saturated carbocycles. The van der Waals surface area contributed by atoms with Crippen LogP contribution in [0.1, 0.15) is 30.9 Å². The van der Waals surface area contributed by atoms with Gasteiger partial charge in [-0.05, 0) is 31.5 Å². The van der Waals surface area contributed by atoms with E-state index in [1.165, 1.54) is 0 Å². The Kier molecular flexibility index (Phi) is 4.03. The molecule has 1 aliphatic heterocycles. The minimum atomic E-state index is -0.618. The summed E-state index contributed by atoms with van der Waals surface area (Å²) in [6.45, 7) is 3.58. The van der Waals surface area contributed by atoms with Crippen molar-refractivity contribution in [1.82, 2.24) is 15.0 Å². The number of hydrogen-bond donors (Lipinski definition) is 2. The maximum absolute atomic E-state index is 12.5. The first-order valence-corrected chi connectivity index (χ1v) is 7.38. The Morgan fingerprint density at radius 3 is 2.79 bits per heavy atom. The van der Waals surface area contributed by atoms with Crippen molar-refractivity contribution >= 4 is 11.8 Å². The first kappa shape index (κ1) is 15.7. The predicted molar refractivity (Wildman–Crippen MR) is 85.3 cm³/mol. The van der Waals surface area contributed by atoms with Crippen LogP contribution in [0.3, 0.4) is 0 Å². The largest absolute Gasteiger partial charge is 0.463 e. The zero-order valence-corrected chi connectivity index (χ0v) is 13.2. The Hall–Kier alpha value is -3.16. The minimum Gasteiger partial charge on any atom is -0.463 e. The third-order valence-corrected chi connectivity index (χ3v) is 3.71. The van der Waals surface area contributed by atoms with Gasteiger partial charge in [-0.1, -0.05) is 0 Å². The highest BCUT2D eigenvalue weighted by molar-refractivity contribution is 5.93. The van der Waals surface area contributed by atoms with Gasteiger partial charge in [-0.25, -0.2) is 9.59 Å². The lowest BCUT2D eigenvalue weighted by Crippen LogP contribution is -2.27. The molecule has 3 heterocycles. The van der Waals surface area contributed by atoms with E-state index in [1.54, 1.807) is 38.4 Å². The van der Waals surface area contributed by atoms with Crippen molar-refractivity contribution in [2.45, 2.75) is 19.8 Å². The number of H-pyrrole nitrogens is 1. The molecule has 8 nitrogen and oxygen atoms in total. The first-order valence-electron chi connectivity index (χ1n) is 7.38. The van der Waals surface area contributed by atoms with E-state index in [1.807, 2.05) is 0 Å². The van der Waals surface area contributed by atoms with Crippen molar-refractivity contribution in [3.05, 3.63) is 57.5 Å². The molecule has 3 rings (SSSR count). The number of nitrogens with one attached hydrogen (secondary N) is 1. The van der Waals surface area contributed by atoms with E-state index in [4.69, 9.17) is 15.2 Å². The standard InChI is InChI=1S/C16H16N4O4/c1-3-23-15(21)10-8(2)24-14-12(13(17)19-16(22)20-14)11(10)9-4-6-18-7-5-9/h4-7,11H,3H2,1-2H3,(H3,17,19,20,22)/t11-/m1/s1. The molecule has 0 saturated heterocycles. The topological polar surface area (TPSA) is 120 Å². The minimum absolute atomic E-state index is 0.0867. The van der Waals surface area contributed by atoms with Crippen LogP contribution in [0.4, 0.5) is 5.82 Å². The van der Waals surface area contributed by atoms with Gasteiger partial charge < -0.3 is 15.2 Å². The molecule has 2 aromatic rings. The van der Waals surface area contributed by atoms with Gasteiger partial charge in [0, 0.05) is 12.4 Å². The summed E-state index contributed by atoms with van der Waals surface area (Å²) in [5, 5.41) is 0. The van der Waals surface area contributed by atoms with Gasteiger partial charge >= 0.3 is 11.7 Å². The van der Waals surface area contributed by atoms with Crippen LogP contribution in [-0.2, 0) is 9.53 Å². The Morgan fingerprint density at radius 2 is 2.12 bits per heavy atom. The maximum Gasteiger partial charge on any atom is 0.349 e. The molecule has 0 spiro atoms. The number of carbonyl (C=O) groups excluding carboxylic acids is 1. The number of ether oxygens (including phenoxy) is 2. The van der Waals surface area contributed by atoms with Gasteiger partial charge in [0.1, 0.15) is 11.6 Å². The van der Waals surface area contributed by atoms with Gasteiger partial charge in [0.15, 0.2) is 0 Å². The molecule has 1 aliphatic rings. The number of rotatable bonds is 3. The molecular weight excluding hydrogens is 312 g/mol. The normalized spacial score (nSPS) is 16.3. The smallest absolute Gasteiger partial charge is 0.349 e. The van der Waals surface area contributed by atoms with Crippen LogP contribution in [0, 0.1) is 0 Å². The molecule has 0 aliphatic carbocycles. The second-order valence-electron chi connectivity index (χ2n) is 5.18. The number of nitrogen functional groups attached to an aromatic ring is 1. The molecule has 0 radical (unpaired) electrons. The molecule has 3 N–H and O–H groups in total. The number of nitrogens with zero attached hydrogens (tertiary/aromatic N) is 2. The molecule has 8 heteroatoms. The molecule has 0 unspecified atom stereocenters. The molecule has 0 amide bonds. The van der Waals surface area contributed by atoms with Crippen LogP contribution in [0.2, 0.25) is 0 Å². The Morgan fingerprint density at radius 1 is 1.42 bits per heavy atom. The van der Waals surface area contributed by atoms with E-state index in [0.717, 1.165) is 5.56 Å². The number of aromatic nitrogens is 3. The number of allylic oxidation sites excluding steroid dienone is 1. The fraction of sp³-hybridized carbons (Fsp3) is 0.250. The number of aromatic amines is 1. The number of fused-ring (bicyclic) bond motifs is 1. The number of pyridine rings is 1. The summed E-state index contributed by atoms with van der Waals surface area (Å²) in [5.41, 5.74) is 6.87. The van der Waals surface area contributed by atoms with Crippen LogP contribution < -0.4 is 16.2 Å². The Labute approximate surface area is 137 Å². The molecule has 24 heavy (non-hydrogen) atoms. The van der Waals surface area contributed by atoms with Crippen molar-refractivity contribution in [3.8, 4) is 5.88 Å².